The lowest BCUT2D eigenvalue weighted by Gasteiger charge is -2.25. The molecule has 6 rings (SSSR count). The lowest BCUT2D eigenvalue weighted by atomic mass is 9.93. The smallest absolute Gasteiger partial charge is 0.264 e. The maximum absolute atomic E-state index is 13.6. The molecular formula is C25H26N4O3S. The summed E-state index contributed by atoms with van der Waals surface area (Å²) in [6.45, 7) is 1.84. The molecule has 0 unspecified atom stereocenters. The number of nitrogens with one attached hydrogen (secondary N) is 1. The molecule has 0 spiro atoms. The van der Waals surface area contributed by atoms with E-state index in [1.165, 1.54) is 6.07 Å². The summed E-state index contributed by atoms with van der Waals surface area (Å²) in [4.78, 5) is 24.9. The lowest BCUT2D eigenvalue weighted by Crippen LogP contribution is -2.40. The molecule has 3 aromatic rings. The minimum Gasteiger partial charge on any atom is -0.356 e. The first-order valence-corrected chi connectivity index (χ1v) is 13.1. The van der Waals surface area contributed by atoms with E-state index in [9.17, 15) is 13.2 Å². The fourth-order valence-corrected chi connectivity index (χ4v) is 6.24. The summed E-state index contributed by atoms with van der Waals surface area (Å²) in [5.74, 6) is 0.893. The third kappa shape index (κ3) is 3.57. The van der Waals surface area contributed by atoms with Gasteiger partial charge in [-0.2, -0.15) is 0 Å². The summed E-state index contributed by atoms with van der Waals surface area (Å²) < 4.78 is 29.0. The summed E-state index contributed by atoms with van der Waals surface area (Å²) >= 11 is 0. The number of hydrogen-bond donors (Lipinski definition) is 1. The molecule has 0 atom stereocenters. The van der Waals surface area contributed by atoms with Crippen LogP contribution in [0.3, 0.4) is 0 Å². The van der Waals surface area contributed by atoms with Gasteiger partial charge in [0, 0.05) is 36.4 Å². The maximum Gasteiger partial charge on any atom is 0.264 e. The molecule has 0 radical (unpaired) electrons. The number of sulfonamides is 1. The second-order valence-electron chi connectivity index (χ2n) is 9.45. The van der Waals surface area contributed by atoms with Crippen molar-refractivity contribution in [3.63, 3.8) is 0 Å². The standard InChI is InChI=1S/C25H26N4O3S/c30-24(28-33(31,32)22-7-3-6-21-19(22)5-4-12-26-21)25(10-11-25)20-15-18(17-8-9-17)16-27-23(20)29-13-1-2-14-29/h3-7,12,15-17H,1-2,8-11,13-14H2,(H,28,30). The average molecular weight is 463 g/mol. The van der Waals surface area contributed by atoms with Crippen molar-refractivity contribution in [2.45, 2.75) is 54.8 Å². The topological polar surface area (TPSA) is 92.3 Å². The number of aromatic nitrogens is 2. The number of carbonyl (C=O) groups is 1. The van der Waals surface area contributed by atoms with E-state index in [0.717, 1.165) is 55.7 Å². The van der Waals surface area contributed by atoms with Crippen LogP contribution in [0.15, 0.2) is 53.7 Å². The van der Waals surface area contributed by atoms with E-state index in [1.54, 1.807) is 30.5 Å². The predicted molar refractivity (Wildman–Crippen MR) is 126 cm³/mol. The zero-order valence-corrected chi connectivity index (χ0v) is 19.1. The van der Waals surface area contributed by atoms with Crippen molar-refractivity contribution in [2.24, 2.45) is 0 Å². The second kappa shape index (κ2) is 7.52. The van der Waals surface area contributed by atoms with Crippen LogP contribution in [0.4, 0.5) is 5.82 Å². The molecule has 3 aliphatic rings. The van der Waals surface area contributed by atoms with Crippen LogP contribution in [0.5, 0.6) is 0 Å². The quantitative estimate of drug-likeness (QED) is 0.601. The number of amides is 1. The Labute approximate surface area is 193 Å². The fourth-order valence-electron chi connectivity index (χ4n) is 4.97. The van der Waals surface area contributed by atoms with Crippen LogP contribution in [-0.2, 0) is 20.2 Å². The molecular weight excluding hydrogens is 436 g/mol. The van der Waals surface area contributed by atoms with Crippen LogP contribution >= 0.6 is 0 Å². The van der Waals surface area contributed by atoms with E-state index in [-0.39, 0.29) is 4.90 Å². The number of benzene rings is 1. The first-order chi connectivity index (χ1) is 16.0. The molecule has 3 heterocycles. The summed E-state index contributed by atoms with van der Waals surface area (Å²) in [7, 11) is -4.06. The average Bonchev–Trinajstić information content (AvgIpc) is 3.76. The number of anilines is 1. The highest BCUT2D eigenvalue weighted by Gasteiger charge is 2.54. The van der Waals surface area contributed by atoms with Gasteiger partial charge in [-0.15, -0.1) is 0 Å². The van der Waals surface area contributed by atoms with Crippen molar-refractivity contribution in [1.82, 2.24) is 14.7 Å². The molecule has 2 aromatic heterocycles. The van der Waals surface area contributed by atoms with Crippen molar-refractivity contribution in [1.29, 1.82) is 0 Å². The molecule has 0 bridgehead atoms. The molecule has 2 aliphatic carbocycles. The molecule has 2 saturated carbocycles. The number of nitrogens with zero attached hydrogens (tertiary/aromatic N) is 3. The molecule has 8 heteroatoms. The highest BCUT2D eigenvalue weighted by atomic mass is 32.2. The third-order valence-electron chi connectivity index (χ3n) is 7.16. The Bertz CT molecular complexity index is 1350. The molecule has 1 N–H and O–H groups in total. The molecule has 1 aromatic carbocycles. The van der Waals surface area contributed by atoms with E-state index in [1.807, 2.05) is 6.20 Å². The van der Waals surface area contributed by atoms with E-state index < -0.39 is 21.3 Å². The van der Waals surface area contributed by atoms with E-state index in [2.05, 4.69) is 20.7 Å². The molecule has 1 saturated heterocycles. The summed E-state index contributed by atoms with van der Waals surface area (Å²) in [5, 5.41) is 0.500. The normalized spacial score (nSPS) is 19.6. The van der Waals surface area contributed by atoms with Gasteiger partial charge in [-0.25, -0.2) is 18.1 Å². The van der Waals surface area contributed by atoms with Crippen LogP contribution in [0, 0.1) is 0 Å². The van der Waals surface area contributed by atoms with Crippen molar-refractivity contribution in [2.75, 3.05) is 18.0 Å². The Balaban J connectivity index is 1.37. The van der Waals surface area contributed by atoms with Gasteiger partial charge in [0.2, 0.25) is 5.91 Å². The number of pyridine rings is 2. The molecule has 7 nitrogen and oxygen atoms in total. The number of hydrogen-bond acceptors (Lipinski definition) is 6. The monoisotopic (exact) mass is 462 g/mol. The third-order valence-corrected chi connectivity index (χ3v) is 8.55. The molecule has 1 aliphatic heterocycles. The minimum atomic E-state index is -4.06. The van der Waals surface area contributed by atoms with Gasteiger partial charge in [0.25, 0.3) is 10.0 Å². The zero-order valence-electron chi connectivity index (χ0n) is 18.3. The SMILES string of the molecule is O=C(NS(=O)(=O)c1cccc2ncccc12)C1(c2cc(C3CC3)cnc2N2CCCC2)CC1. The minimum absolute atomic E-state index is 0.0712. The molecule has 170 valence electrons. The summed E-state index contributed by atoms with van der Waals surface area (Å²) in [6, 6.07) is 10.5. The van der Waals surface area contributed by atoms with Crippen molar-refractivity contribution in [3.8, 4) is 0 Å². The van der Waals surface area contributed by atoms with Gasteiger partial charge in [0.1, 0.15) is 5.82 Å². The Morgan fingerprint density at radius 1 is 1.06 bits per heavy atom. The van der Waals surface area contributed by atoms with Crippen molar-refractivity contribution < 1.29 is 13.2 Å². The Hall–Kier alpha value is -3.00. The highest BCUT2D eigenvalue weighted by Crippen LogP contribution is 2.53. The summed E-state index contributed by atoms with van der Waals surface area (Å²) in [5.41, 5.74) is 1.79. The lowest BCUT2D eigenvalue weighted by molar-refractivity contribution is -0.121. The van der Waals surface area contributed by atoms with Crippen LogP contribution in [-0.4, -0.2) is 37.4 Å². The van der Waals surface area contributed by atoms with Gasteiger partial charge in [0.05, 0.1) is 15.8 Å². The van der Waals surface area contributed by atoms with Crippen LogP contribution < -0.4 is 9.62 Å². The van der Waals surface area contributed by atoms with Gasteiger partial charge >= 0.3 is 0 Å². The van der Waals surface area contributed by atoms with Crippen molar-refractivity contribution in [3.05, 3.63) is 59.9 Å². The molecule has 3 fully saturated rings. The number of fused-ring (bicyclic) bond motifs is 1. The maximum atomic E-state index is 13.6. The first kappa shape index (κ1) is 20.6. The molecule has 1 amide bonds. The zero-order chi connectivity index (χ0) is 22.6. The van der Waals surface area contributed by atoms with Crippen molar-refractivity contribution >= 4 is 32.7 Å². The summed E-state index contributed by atoms with van der Waals surface area (Å²) in [6.07, 6.45) is 9.32. The largest absolute Gasteiger partial charge is 0.356 e. The Kier molecular flexibility index (Phi) is 4.69. The number of carbonyl (C=O) groups excluding carboxylic acids is 1. The fraction of sp³-hybridized carbons (Fsp3) is 0.400. The van der Waals surface area contributed by atoms with Gasteiger partial charge < -0.3 is 4.90 Å². The van der Waals surface area contributed by atoms with E-state index >= 15 is 0 Å². The first-order valence-electron chi connectivity index (χ1n) is 11.6. The Morgan fingerprint density at radius 3 is 2.58 bits per heavy atom. The highest BCUT2D eigenvalue weighted by molar-refractivity contribution is 7.90. The number of rotatable bonds is 6. The van der Waals surface area contributed by atoms with Crippen LogP contribution in [0.25, 0.3) is 10.9 Å². The van der Waals surface area contributed by atoms with Gasteiger partial charge in [-0.3, -0.25) is 9.78 Å². The Morgan fingerprint density at radius 2 is 1.85 bits per heavy atom. The van der Waals surface area contributed by atoms with Gasteiger partial charge in [0.15, 0.2) is 0 Å². The van der Waals surface area contributed by atoms with E-state index in [0.29, 0.717) is 29.7 Å². The predicted octanol–water partition coefficient (Wildman–Crippen LogP) is 3.64. The van der Waals surface area contributed by atoms with Crippen LogP contribution in [0.1, 0.15) is 55.6 Å². The molecule has 33 heavy (non-hydrogen) atoms. The second-order valence-corrected chi connectivity index (χ2v) is 11.1. The van der Waals surface area contributed by atoms with E-state index in [4.69, 9.17) is 4.98 Å². The van der Waals surface area contributed by atoms with Gasteiger partial charge in [-0.05, 0) is 80.3 Å². The van der Waals surface area contributed by atoms with Gasteiger partial charge in [-0.1, -0.05) is 6.07 Å². The van der Waals surface area contributed by atoms with Crippen LogP contribution in [0.2, 0.25) is 0 Å².